The van der Waals surface area contributed by atoms with E-state index >= 15 is 0 Å². The zero-order valence-electron chi connectivity index (χ0n) is 46.4. The number of aromatic nitrogens is 2. The van der Waals surface area contributed by atoms with Crippen LogP contribution in [0.4, 0.5) is 5.82 Å². The normalized spacial score (nSPS) is 16.8. The number of aliphatic hydroxyl groups is 1. The summed E-state index contributed by atoms with van der Waals surface area (Å²) in [6.45, 7) is 0.269. The molecule has 1 fully saturated rings. The largest absolute Gasteiger partial charge is 0.478 e. The Morgan fingerprint density at radius 2 is 1.42 bits per heavy atom. The van der Waals surface area contributed by atoms with Crippen LogP contribution in [0.3, 0.4) is 0 Å². The number of fused-ring (bicyclic) bond motifs is 2. The Labute approximate surface area is 501 Å². The van der Waals surface area contributed by atoms with Crippen LogP contribution in [0.5, 0.6) is 0 Å². The number of nitrogen functional groups attached to an aromatic ring is 1. The Morgan fingerprint density at radius 1 is 0.784 bits per heavy atom. The van der Waals surface area contributed by atoms with Gasteiger partial charge in [-0.1, -0.05) is 24.6 Å². The fourth-order valence-corrected chi connectivity index (χ4v) is 12.8. The minimum atomic E-state index is -5.29. The molecule has 2 aliphatic heterocycles. The van der Waals surface area contributed by atoms with E-state index in [4.69, 9.17) is 53.6 Å². The Kier molecular flexibility index (Phi) is 25.1. The van der Waals surface area contributed by atoms with E-state index in [1.807, 2.05) is 0 Å². The molecule has 486 valence electrons. The topological polar surface area (TPSA) is 538 Å². The van der Waals surface area contributed by atoms with Gasteiger partial charge in [-0.2, -0.15) is 21.8 Å². The zero-order valence-corrected chi connectivity index (χ0v) is 50.6. The number of aryl methyl sites for hydroxylation is 1. The molecule has 34 nitrogen and oxygen atoms in total. The van der Waals surface area contributed by atoms with E-state index in [2.05, 4.69) is 24.7 Å². The van der Waals surface area contributed by atoms with Crippen LogP contribution in [0.2, 0.25) is 0 Å². The quantitative estimate of drug-likeness (QED) is 0.00946. The van der Waals surface area contributed by atoms with Crippen LogP contribution < -0.4 is 32.8 Å². The molecule has 88 heavy (non-hydrogen) atoms. The van der Waals surface area contributed by atoms with Crippen molar-refractivity contribution < 1.29 is 130 Å². The van der Waals surface area contributed by atoms with Crippen molar-refractivity contribution in [2.45, 2.75) is 72.9 Å². The number of unbranched alkanes of at least 4 members (excludes halogenated alkanes) is 2. The molecule has 3 heterocycles. The molecule has 2 amide bonds. The molecule has 1 saturated heterocycles. The zero-order chi connectivity index (χ0) is 64.8. The van der Waals surface area contributed by atoms with Crippen molar-refractivity contribution in [3.8, 4) is 22.5 Å². The number of nitrogens with zero attached hydrogens (tertiary/aromatic N) is 2. The van der Waals surface area contributed by atoms with E-state index < -0.39 is 133 Å². The minimum absolute atomic E-state index is 0.00520. The Bertz CT molecular complexity index is 3860. The van der Waals surface area contributed by atoms with E-state index in [9.17, 15) is 78.1 Å². The van der Waals surface area contributed by atoms with E-state index in [1.54, 1.807) is 0 Å². The van der Waals surface area contributed by atoms with Gasteiger partial charge in [0.25, 0.3) is 26.1 Å². The Morgan fingerprint density at radius 3 is 2.05 bits per heavy atom. The van der Waals surface area contributed by atoms with Crippen LogP contribution in [0.1, 0.15) is 64.6 Å². The summed E-state index contributed by atoms with van der Waals surface area (Å²) in [5, 5.41) is 32.4. The first-order valence-corrected chi connectivity index (χ1v) is 34.2. The molecule has 14 N–H and O–H groups in total. The molecule has 0 radical (unpaired) electrons. The lowest BCUT2D eigenvalue weighted by Crippen LogP contribution is -2.48. The van der Waals surface area contributed by atoms with Crippen LogP contribution in [0, 0.1) is 0 Å². The number of rotatable bonds is 36. The van der Waals surface area contributed by atoms with Gasteiger partial charge in [-0.15, -0.1) is 0 Å². The van der Waals surface area contributed by atoms with Crippen molar-refractivity contribution >= 4 is 80.3 Å². The van der Waals surface area contributed by atoms with Gasteiger partial charge in [-0.3, -0.25) is 37.7 Å². The van der Waals surface area contributed by atoms with Crippen molar-refractivity contribution in [1.82, 2.24) is 20.2 Å². The summed E-state index contributed by atoms with van der Waals surface area (Å²) in [5.41, 5.74) is 3.80. The van der Waals surface area contributed by atoms with Gasteiger partial charge in [0.1, 0.15) is 29.0 Å². The number of carboxylic acids is 1. The highest BCUT2D eigenvalue weighted by Gasteiger charge is 2.49. The average molecular weight is 1340 g/mol. The second kappa shape index (κ2) is 31.1. The maximum absolute atomic E-state index is 13.9. The van der Waals surface area contributed by atoms with E-state index in [0.717, 1.165) is 16.7 Å². The molecule has 39 heteroatoms. The molecule has 3 aliphatic rings. The number of hydrogen-bond donors (Lipinski definition) is 12. The number of amides is 2. The maximum Gasteiger partial charge on any atom is 0.470 e. The van der Waals surface area contributed by atoms with Gasteiger partial charge in [0.05, 0.1) is 76.5 Å². The molecule has 1 aromatic heterocycles. The summed E-state index contributed by atoms with van der Waals surface area (Å²) in [6, 6.07) is 9.74. The number of ether oxygens (including phenoxy) is 5. The van der Waals surface area contributed by atoms with E-state index in [1.165, 1.54) is 42.6 Å². The van der Waals surface area contributed by atoms with E-state index in [-0.39, 0.29) is 155 Å². The van der Waals surface area contributed by atoms with Gasteiger partial charge in [0.15, 0.2) is 32.3 Å². The van der Waals surface area contributed by atoms with Crippen LogP contribution in [-0.4, -0.2) is 194 Å². The molecule has 1 unspecified atom stereocenters. The van der Waals surface area contributed by atoms with Crippen molar-refractivity contribution in [2.24, 2.45) is 0 Å². The molecular formula is C49H65N6O28P2S3+. The summed E-state index contributed by atoms with van der Waals surface area (Å²) < 4.78 is 160. The predicted molar refractivity (Wildman–Crippen MR) is 302 cm³/mol. The molecule has 2 aromatic carbocycles. The van der Waals surface area contributed by atoms with Crippen LogP contribution in [0.15, 0.2) is 73.7 Å². The SMILES string of the molecule is Nc1nc(=O)n([C@@H]2O[C@H](COP(=O)(O)O)C(OP(=O)(O)O)[C@@H]2O)cc1CCCNC(=O)CCOCCOCCOCCOCCNC(=O)c1ccc(-c2c3ccc(=[NH2+])c(S(=O)(=O)CCCCCS(=O)(=O)O)c-3oc3c(S(=O)(=O)O)cccc23)c(C(=O)O)c1. The maximum atomic E-state index is 13.9. The van der Waals surface area contributed by atoms with Crippen molar-refractivity contribution in [2.75, 3.05) is 89.8 Å². The number of carbonyl (C=O) groups excluding carboxylic acids is 2. The number of aromatic carboxylic acids is 1. The molecule has 0 spiro atoms. The number of carboxylic acid groups (broad SMARTS) is 1. The van der Waals surface area contributed by atoms with Gasteiger partial charge in [-0.25, -0.2) is 27.1 Å². The minimum Gasteiger partial charge on any atom is -0.478 e. The fourth-order valence-electron chi connectivity index (χ4n) is 8.99. The number of aliphatic hydroxyl groups excluding tert-OH is 1. The number of hydrogen-bond acceptors (Lipinski definition) is 23. The highest BCUT2D eigenvalue weighted by Crippen LogP contribution is 2.47. The monoisotopic (exact) mass is 1340 g/mol. The highest BCUT2D eigenvalue weighted by atomic mass is 32.2. The third kappa shape index (κ3) is 20.5. The van der Waals surface area contributed by atoms with E-state index in [0.29, 0.717) is 0 Å². The first-order valence-electron chi connectivity index (χ1n) is 26.4. The van der Waals surface area contributed by atoms with Crippen molar-refractivity contribution in [3.05, 3.63) is 87.3 Å². The molecule has 4 atom stereocenters. The average Bonchev–Trinajstić information content (AvgIpc) is 3.63. The molecule has 3 aromatic rings. The number of nitrogens with one attached hydrogen (secondary N) is 2. The van der Waals surface area contributed by atoms with Gasteiger partial charge in [0, 0.05) is 59.4 Å². The van der Waals surface area contributed by atoms with Crippen LogP contribution >= 0.6 is 15.6 Å². The third-order valence-corrected chi connectivity index (χ3v) is 17.5. The first kappa shape index (κ1) is 71.1. The summed E-state index contributed by atoms with van der Waals surface area (Å²) in [5.74, 6) is -4.46. The smallest absolute Gasteiger partial charge is 0.470 e. The summed E-state index contributed by atoms with van der Waals surface area (Å²) in [6.07, 6.45) is -5.70. The second-order valence-electron chi connectivity index (χ2n) is 19.3. The van der Waals surface area contributed by atoms with Crippen LogP contribution in [0.25, 0.3) is 33.4 Å². The molecule has 6 rings (SSSR count). The standard InChI is InChI=1S/C49H64N6O28P2S3/c50-35-12-11-33-39(32-7-4-8-37(88(73,74)75)41(32)82-42(33)44(35)86(68,69)24-2-1-3-25-87(70,71)72)31-10-9-29(26-34(31)48(59)60)46(58)53-15-17-77-19-21-79-23-22-78-20-18-76-16-13-38(56)52-14-5-6-30-27-55(49(61)54-45(30)51)47-40(57)43(83-85(65,66)67)36(81-47)28-80-84(62,63)64/h4,7-12,26-27,36,40,43,47,50,57H,1-3,5-6,13-25,28H2,(H,52,56)(H,53,58)(H,59,60)(H2,51,54,61)(H2,62,63,64)(H2,65,66,67)(H,70,71,72)(H,73,74,75)/p+1/t36-,40+,43?,47-/m1/s1. The number of sulfone groups is 1. The lowest BCUT2D eigenvalue weighted by atomic mass is 9.89. The number of nitrogens with two attached hydrogens (primary N) is 2. The number of phosphoric ester groups is 2. The Hall–Kier alpha value is -6.03. The first-order chi connectivity index (χ1) is 41.3. The fraction of sp³-hybridized carbons (Fsp3) is 0.469. The number of para-hydroxylation sites is 1. The van der Waals surface area contributed by atoms with Crippen molar-refractivity contribution in [1.29, 1.82) is 0 Å². The number of benzene rings is 3. The molecule has 1 aliphatic carbocycles. The number of anilines is 1. The molecule has 0 saturated carbocycles. The lowest BCUT2D eigenvalue weighted by molar-refractivity contribution is -0.176. The van der Waals surface area contributed by atoms with Crippen molar-refractivity contribution in [3.63, 3.8) is 0 Å². The molecule has 0 bridgehead atoms. The third-order valence-electron chi connectivity index (χ3n) is 12.9. The number of phosphoric acid groups is 2. The van der Waals surface area contributed by atoms with Gasteiger partial charge < -0.3 is 74.3 Å². The Balaban J connectivity index is 0.892. The summed E-state index contributed by atoms with van der Waals surface area (Å²) in [4.78, 5) is 90.3. The summed E-state index contributed by atoms with van der Waals surface area (Å²) >= 11 is 0. The number of carbonyl (C=O) groups is 3. The van der Waals surface area contributed by atoms with Gasteiger partial charge in [0.2, 0.25) is 11.3 Å². The molecular weight excluding hydrogens is 1280 g/mol. The van der Waals surface area contributed by atoms with Gasteiger partial charge in [-0.05, 0) is 55.5 Å². The van der Waals surface area contributed by atoms with Crippen LogP contribution in [-0.2, 0) is 83.2 Å². The summed E-state index contributed by atoms with van der Waals surface area (Å²) in [7, 11) is -24.2. The lowest BCUT2D eigenvalue weighted by Gasteiger charge is -2.21. The predicted octanol–water partition coefficient (Wildman–Crippen LogP) is -1.44. The highest BCUT2D eigenvalue weighted by molar-refractivity contribution is 7.91. The second-order valence-corrected chi connectivity index (χ2v) is 26.8. The van der Waals surface area contributed by atoms with Gasteiger partial charge >= 0.3 is 27.3 Å².